The summed E-state index contributed by atoms with van der Waals surface area (Å²) in [7, 11) is 1.55. The van der Waals surface area contributed by atoms with Crippen molar-refractivity contribution in [3.8, 4) is 11.1 Å². The van der Waals surface area contributed by atoms with Gasteiger partial charge >= 0.3 is 5.97 Å². The molecule has 6 heteroatoms. The summed E-state index contributed by atoms with van der Waals surface area (Å²) in [6.45, 7) is 7.95. The van der Waals surface area contributed by atoms with Gasteiger partial charge in [-0.1, -0.05) is 30.8 Å². The van der Waals surface area contributed by atoms with Crippen LogP contribution in [0.25, 0.3) is 22.3 Å². The summed E-state index contributed by atoms with van der Waals surface area (Å²) >= 11 is 0. The third-order valence-electron chi connectivity index (χ3n) is 5.70. The third-order valence-corrected chi connectivity index (χ3v) is 5.70. The third kappa shape index (κ3) is 3.86. The van der Waals surface area contributed by atoms with Crippen molar-refractivity contribution in [2.75, 3.05) is 13.7 Å². The Morgan fingerprint density at radius 3 is 2.55 bits per heavy atom. The SMILES string of the molecule is C=C(NOC)c1ccc(-c2ccn3c(=O)c(C(=O)OCC)cc(C4CC4)c3c2C)cc1. The van der Waals surface area contributed by atoms with Gasteiger partial charge in [0.15, 0.2) is 0 Å². The van der Waals surface area contributed by atoms with Gasteiger partial charge < -0.3 is 4.74 Å². The topological polar surface area (TPSA) is 69.0 Å². The Morgan fingerprint density at radius 2 is 1.94 bits per heavy atom. The first kappa shape index (κ1) is 20.9. The van der Waals surface area contributed by atoms with E-state index in [2.05, 4.69) is 12.1 Å². The van der Waals surface area contributed by atoms with Crippen LogP contribution in [0.5, 0.6) is 0 Å². The lowest BCUT2D eigenvalue weighted by Crippen LogP contribution is -2.25. The molecular weight excluding hydrogens is 392 g/mol. The molecule has 0 amide bonds. The first-order valence-electron chi connectivity index (χ1n) is 10.4. The summed E-state index contributed by atoms with van der Waals surface area (Å²) in [6.07, 6.45) is 3.88. The number of carbonyl (C=O) groups is 1. The van der Waals surface area contributed by atoms with Crippen molar-refractivity contribution in [1.82, 2.24) is 9.88 Å². The van der Waals surface area contributed by atoms with E-state index < -0.39 is 5.97 Å². The Balaban J connectivity index is 1.85. The molecule has 0 atom stereocenters. The molecule has 0 spiro atoms. The van der Waals surface area contributed by atoms with Gasteiger partial charge in [0.25, 0.3) is 5.56 Å². The molecule has 2 heterocycles. The number of aryl methyl sites for hydroxylation is 1. The van der Waals surface area contributed by atoms with E-state index in [1.54, 1.807) is 30.7 Å². The highest BCUT2D eigenvalue weighted by Gasteiger charge is 2.29. The van der Waals surface area contributed by atoms with Crippen LogP contribution in [0, 0.1) is 6.92 Å². The van der Waals surface area contributed by atoms with Crippen molar-refractivity contribution in [2.24, 2.45) is 0 Å². The maximum absolute atomic E-state index is 13.1. The van der Waals surface area contributed by atoms with Crippen molar-refractivity contribution >= 4 is 17.2 Å². The van der Waals surface area contributed by atoms with E-state index in [9.17, 15) is 9.59 Å². The van der Waals surface area contributed by atoms with Crippen LogP contribution in [-0.4, -0.2) is 24.1 Å². The lowest BCUT2D eigenvalue weighted by Gasteiger charge is -2.16. The molecule has 6 nitrogen and oxygen atoms in total. The zero-order valence-electron chi connectivity index (χ0n) is 18.0. The number of aromatic nitrogens is 1. The van der Waals surface area contributed by atoms with Crippen LogP contribution >= 0.6 is 0 Å². The van der Waals surface area contributed by atoms with E-state index in [0.717, 1.165) is 46.2 Å². The highest BCUT2D eigenvalue weighted by molar-refractivity contribution is 5.91. The monoisotopic (exact) mass is 418 g/mol. The second kappa shape index (κ2) is 8.40. The molecule has 1 aliphatic rings. The summed E-state index contributed by atoms with van der Waals surface area (Å²) in [5.41, 5.74) is 9.12. The van der Waals surface area contributed by atoms with Crippen molar-refractivity contribution in [2.45, 2.75) is 32.6 Å². The maximum Gasteiger partial charge on any atom is 0.343 e. The standard InChI is InChI=1S/C25H26N2O4/c1-5-31-25(29)22-14-21(19-10-11-19)23-15(2)20(12-13-27(23)24(22)28)18-8-6-17(7-9-18)16(3)26-30-4/h6-9,12-14,19,26H,3,5,10-11H2,1-2,4H3. The minimum Gasteiger partial charge on any atom is -0.462 e. The number of benzene rings is 1. The average molecular weight is 418 g/mol. The molecule has 1 aliphatic carbocycles. The number of hydrogen-bond donors (Lipinski definition) is 1. The lowest BCUT2D eigenvalue weighted by molar-refractivity contribution is 0.0524. The van der Waals surface area contributed by atoms with Crippen LogP contribution in [0.1, 0.15) is 52.7 Å². The van der Waals surface area contributed by atoms with E-state index in [4.69, 9.17) is 9.57 Å². The van der Waals surface area contributed by atoms with Gasteiger partial charge in [0.1, 0.15) is 5.56 Å². The number of hydroxylamine groups is 1. The predicted molar refractivity (Wildman–Crippen MR) is 121 cm³/mol. The van der Waals surface area contributed by atoms with Gasteiger partial charge in [0, 0.05) is 6.20 Å². The largest absolute Gasteiger partial charge is 0.462 e. The fraction of sp³-hybridized carbons (Fsp3) is 0.280. The number of ether oxygens (including phenoxy) is 1. The van der Waals surface area contributed by atoms with Crippen LogP contribution in [-0.2, 0) is 9.57 Å². The lowest BCUT2D eigenvalue weighted by atomic mass is 9.96. The van der Waals surface area contributed by atoms with E-state index in [1.165, 1.54) is 0 Å². The molecule has 160 valence electrons. The summed E-state index contributed by atoms with van der Waals surface area (Å²) in [5, 5.41) is 0. The fourth-order valence-corrected chi connectivity index (χ4v) is 4.00. The molecule has 1 N–H and O–H groups in total. The summed E-state index contributed by atoms with van der Waals surface area (Å²) in [6, 6.07) is 11.7. The molecule has 3 aromatic rings. The molecule has 2 aromatic heterocycles. The highest BCUT2D eigenvalue weighted by atomic mass is 16.6. The van der Waals surface area contributed by atoms with E-state index >= 15 is 0 Å². The van der Waals surface area contributed by atoms with Crippen LogP contribution in [0.4, 0.5) is 0 Å². The molecule has 1 aromatic carbocycles. The Kier molecular flexibility index (Phi) is 5.65. The van der Waals surface area contributed by atoms with Gasteiger partial charge in [-0.25, -0.2) is 4.79 Å². The van der Waals surface area contributed by atoms with Crippen LogP contribution in [0.2, 0.25) is 0 Å². The minimum absolute atomic E-state index is 0.0990. The molecule has 0 unspecified atom stereocenters. The maximum atomic E-state index is 13.1. The molecule has 0 radical (unpaired) electrons. The van der Waals surface area contributed by atoms with E-state index in [-0.39, 0.29) is 17.7 Å². The van der Waals surface area contributed by atoms with E-state index in [0.29, 0.717) is 11.6 Å². The van der Waals surface area contributed by atoms with Crippen LogP contribution in [0.3, 0.4) is 0 Å². The molecule has 0 aliphatic heterocycles. The zero-order chi connectivity index (χ0) is 22.1. The molecular formula is C25H26N2O4. The molecule has 0 saturated heterocycles. The first-order chi connectivity index (χ1) is 15.0. The molecule has 4 rings (SSSR count). The van der Waals surface area contributed by atoms with E-state index in [1.807, 2.05) is 37.3 Å². The Hall–Kier alpha value is -3.38. The number of nitrogens with one attached hydrogen (secondary N) is 1. The Bertz CT molecular complexity index is 1220. The second-order valence-corrected chi connectivity index (χ2v) is 7.75. The van der Waals surface area contributed by atoms with Gasteiger partial charge in [-0.15, -0.1) is 0 Å². The minimum atomic E-state index is -0.564. The van der Waals surface area contributed by atoms with Crippen LogP contribution in [0.15, 0.2) is 54.0 Å². The molecule has 1 fully saturated rings. The van der Waals surface area contributed by atoms with Gasteiger partial charge in [0.2, 0.25) is 0 Å². The van der Waals surface area contributed by atoms with Crippen molar-refractivity contribution in [1.29, 1.82) is 0 Å². The highest BCUT2D eigenvalue weighted by Crippen LogP contribution is 2.43. The van der Waals surface area contributed by atoms with Crippen molar-refractivity contribution < 1.29 is 14.4 Å². The average Bonchev–Trinajstić information content (AvgIpc) is 3.60. The molecule has 31 heavy (non-hydrogen) atoms. The van der Waals surface area contributed by atoms with Crippen LogP contribution < -0.4 is 11.0 Å². The number of carbonyl (C=O) groups excluding carboxylic acids is 1. The normalized spacial score (nSPS) is 13.3. The number of nitrogens with zero attached hydrogens (tertiary/aromatic N) is 1. The van der Waals surface area contributed by atoms with Gasteiger partial charge in [0.05, 0.1) is 24.9 Å². The molecule has 0 bridgehead atoms. The van der Waals surface area contributed by atoms with Crippen molar-refractivity contribution in [3.63, 3.8) is 0 Å². The second-order valence-electron chi connectivity index (χ2n) is 7.75. The van der Waals surface area contributed by atoms with Gasteiger partial charge in [-0.05, 0) is 72.6 Å². The first-order valence-corrected chi connectivity index (χ1v) is 10.4. The zero-order valence-corrected chi connectivity index (χ0v) is 18.0. The summed E-state index contributed by atoms with van der Waals surface area (Å²) < 4.78 is 6.71. The smallest absolute Gasteiger partial charge is 0.343 e. The predicted octanol–water partition coefficient (Wildman–Crippen LogP) is 4.45. The fourth-order valence-electron chi connectivity index (χ4n) is 4.00. The Labute approximate surface area is 181 Å². The number of hydrogen-bond acceptors (Lipinski definition) is 5. The van der Waals surface area contributed by atoms with Crippen molar-refractivity contribution in [3.05, 3.63) is 81.8 Å². The van der Waals surface area contributed by atoms with Gasteiger partial charge in [-0.2, -0.15) is 0 Å². The number of fused-ring (bicyclic) bond motifs is 1. The number of rotatable bonds is 7. The summed E-state index contributed by atoms with van der Waals surface area (Å²) in [4.78, 5) is 30.3. The Morgan fingerprint density at radius 1 is 1.23 bits per heavy atom. The van der Waals surface area contributed by atoms with Gasteiger partial charge in [-0.3, -0.25) is 19.5 Å². The quantitative estimate of drug-likeness (QED) is 0.453. The number of esters is 1. The number of pyridine rings is 2. The molecule has 1 saturated carbocycles. The summed E-state index contributed by atoms with van der Waals surface area (Å²) in [5.74, 6) is -0.199.